The molecule has 0 aliphatic rings. The molecule has 1 N–H and O–H groups in total. The molecule has 0 saturated carbocycles. The maximum atomic E-state index is 12.9. The van der Waals surface area contributed by atoms with E-state index in [4.69, 9.17) is 9.47 Å². The van der Waals surface area contributed by atoms with E-state index in [1.807, 2.05) is 0 Å². The lowest BCUT2D eigenvalue weighted by atomic mass is 10.1. The van der Waals surface area contributed by atoms with Crippen molar-refractivity contribution in [3.05, 3.63) is 53.6 Å². The van der Waals surface area contributed by atoms with Gasteiger partial charge in [0.25, 0.3) is 0 Å². The number of nitrogens with one attached hydrogen (secondary N) is 1. The van der Waals surface area contributed by atoms with Gasteiger partial charge in [-0.15, -0.1) is 0 Å². The maximum Gasteiger partial charge on any atom is 0.338 e. The molecule has 162 valence electrons. The Balaban J connectivity index is 2.35. The van der Waals surface area contributed by atoms with Gasteiger partial charge in [-0.05, 0) is 50.6 Å². The summed E-state index contributed by atoms with van der Waals surface area (Å²) in [4.78, 5) is 25.0. The van der Waals surface area contributed by atoms with E-state index in [-0.39, 0.29) is 6.61 Å². The summed E-state index contributed by atoms with van der Waals surface area (Å²) in [5.41, 5.74) is 1.56. The number of sulfonamides is 1. The fourth-order valence-electron chi connectivity index (χ4n) is 2.99. The number of methoxy groups -OCH3 is 1. The van der Waals surface area contributed by atoms with Gasteiger partial charge in [0.1, 0.15) is 11.8 Å². The molecule has 0 radical (unpaired) electrons. The number of rotatable bonds is 8. The molecule has 0 spiro atoms. The van der Waals surface area contributed by atoms with Crippen molar-refractivity contribution in [2.75, 3.05) is 29.6 Å². The molecule has 0 aliphatic heterocycles. The molecule has 0 aromatic heterocycles. The van der Waals surface area contributed by atoms with Gasteiger partial charge >= 0.3 is 5.97 Å². The summed E-state index contributed by atoms with van der Waals surface area (Å²) in [5, 5.41) is 2.71. The van der Waals surface area contributed by atoms with Crippen molar-refractivity contribution in [3.63, 3.8) is 0 Å². The number of nitrogens with zero attached hydrogens (tertiary/aromatic N) is 1. The Morgan fingerprint density at radius 2 is 1.83 bits per heavy atom. The highest BCUT2D eigenvalue weighted by Crippen LogP contribution is 2.26. The Kier molecular flexibility index (Phi) is 7.44. The minimum Gasteiger partial charge on any atom is -0.497 e. The SMILES string of the molecule is CCOC(=O)c1cccc(NC(=O)C(C)N(c2cccc(OC)c2)S(C)(=O)=O)c1C. The number of hydrogen-bond acceptors (Lipinski definition) is 6. The quantitative estimate of drug-likeness (QED) is 0.641. The number of hydrogen-bond donors (Lipinski definition) is 1. The van der Waals surface area contributed by atoms with Crippen molar-refractivity contribution in [2.45, 2.75) is 26.8 Å². The molecule has 0 fully saturated rings. The van der Waals surface area contributed by atoms with E-state index >= 15 is 0 Å². The Morgan fingerprint density at radius 3 is 2.43 bits per heavy atom. The topological polar surface area (TPSA) is 102 Å². The molecule has 0 saturated heterocycles. The predicted molar refractivity (Wildman–Crippen MR) is 116 cm³/mol. The van der Waals surface area contributed by atoms with Crippen LogP contribution >= 0.6 is 0 Å². The fourth-order valence-corrected chi connectivity index (χ4v) is 4.16. The summed E-state index contributed by atoms with van der Waals surface area (Å²) in [6.45, 7) is 5.11. The van der Waals surface area contributed by atoms with Gasteiger partial charge in [-0.25, -0.2) is 13.2 Å². The normalized spacial score (nSPS) is 12.0. The molecule has 0 heterocycles. The van der Waals surface area contributed by atoms with Crippen molar-refractivity contribution in [2.24, 2.45) is 0 Å². The van der Waals surface area contributed by atoms with Gasteiger partial charge < -0.3 is 14.8 Å². The minimum absolute atomic E-state index is 0.232. The van der Waals surface area contributed by atoms with Crippen LogP contribution in [-0.2, 0) is 19.6 Å². The minimum atomic E-state index is -3.78. The first-order valence-corrected chi connectivity index (χ1v) is 11.2. The molecule has 9 heteroatoms. The first-order valence-electron chi connectivity index (χ1n) is 9.31. The molecule has 1 unspecified atom stereocenters. The van der Waals surface area contributed by atoms with Crippen LogP contribution < -0.4 is 14.4 Å². The third kappa shape index (κ3) is 5.29. The Hall–Kier alpha value is -3.07. The van der Waals surface area contributed by atoms with Crippen LogP contribution in [0.15, 0.2) is 42.5 Å². The van der Waals surface area contributed by atoms with Crippen molar-refractivity contribution in [1.82, 2.24) is 0 Å². The first-order chi connectivity index (χ1) is 14.1. The van der Waals surface area contributed by atoms with Gasteiger partial charge in [0.15, 0.2) is 0 Å². The summed E-state index contributed by atoms with van der Waals surface area (Å²) in [6.07, 6.45) is 1.03. The molecular formula is C21H26N2O6S. The predicted octanol–water partition coefficient (Wildman–Crippen LogP) is 2.97. The number of benzene rings is 2. The zero-order chi connectivity index (χ0) is 22.5. The fraction of sp³-hybridized carbons (Fsp3) is 0.333. The zero-order valence-electron chi connectivity index (χ0n) is 17.6. The second-order valence-corrected chi connectivity index (χ2v) is 8.48. The lowest BCUT2D eigenvalue weighted by Crippen LogP contribution is -2.45. The number of amides is 1. The van der Waals surface area contributed by atoms with E-state index in [0.717, 1.165) is 10.6 Å². The third-order valence-electron chi connectivity index (χ3n) is 4.48. The standard InChI is InChI=1S/C21H26N2O6S/c1-6-29-21(25)18-11-8-12-19(14(18)2)22-20(24)15(3)23(30(5,26)27)16-9-7-10-17(13-16)28-4/h7-13,15H,6H2,1-5H3,(H,22,24). The second-order valence-electron chi connectivity index (χ2n) is 6.62. The van der Waals surface area contributed by atoms with E-state index in [1.165, 1.54) is 20.1 Å². The zero-order valence-corrected chi connectivity index (χ0v) is 18.4. The smallest absolute Gasteiger partial charge is 0.338 e. The summed E-state index contributed by atoms with van der Waals surface area (Å²) < 4.78 is 36.1. The van der Waals surface area contributed by atoms with Crippen LogP contribution in [0.3, 0.4) is 0 Å². The number of ether oxygens (including phenoxy) is 2. The maximum absolute atomic E-state index is 12.9. The van der Waals surface area contributed by atoms with Crippen LogP contribution in [0.4, 0.5) is 11.4 Å². The molecule has 2 aromatic carbocycles. The Morgan fingerprint density at radius 1 is 1.17 bits per heavy atom. The van der Waals surface area contributed by atoms with Crippen LogP contribution in [0, 0.1) is 6.92 Å². The van der Waals surface area contributed by atoms with Crippen LogP contribution in [0.25, 0.3) is 0 Å². The molecule has 0 bridgehead atoms. The van der Waals surface area contributed by atoms with Crippen molar-refractivity contribution < 1.29 is 27.5 Å². The summed E-state index contributed by atoms with van der Waals surface area (Å²) in [5.74, 6) is -0.576. The van der Waals surface area contributed by atoms with Crippen molar-refractivity contribution in [1.29, 1.82) is 0 Å². The van der Waals surface area contributed by atoms with Crippen LogP contribution in [0.5, 0.6) is 5.75 Å². The highest BCUT2D eigenvalue weighted by atomic mass is 32.2. The van der Waals surface area contributed by atoms with Gasteiger partial charge in [-0.2, -0.15) is 0 Å². The third-order valence-corrected chi connectivity index (χ3v) is 5.72. The molecule has 2 aromatic rings. The summed E-state index contributed by atoms with van der Waals surface area (Å²) in [7, 11) is -2.30. The molecule has 30 heavy (non-hydrogen) atoms. The monoisotopic (exact) mass is 434 g/mol. The molecule has 1 amide bonds. The van der Waals surface area contributed by atoms with E-state index < -0.39 is 27.9 Å². The van der Waals surface area contributed by atoms with Crippen molar-refractivity contribution >= 4 is 33.3 Å². The van der Waals surface area contributed by atoms with Crippen molar-refractivity contribution in [3.8, 4) is 5.75 Å². The van der Waals surface area contributed by atoms with Gasteiger partial charge in [0.05, 0.1) is 31.2 Å². The van der Waals surface area contributed by atoms with Crippen LogP contribution in [0.2, 0.25) is 0 Å². The average Bonchev–Trinajstić information content (AvgIpc) is 2.68. The summed E-state index contributed by atoms with van der Waals surface area (Å²) >= 11 is 0. The lowest BCUT2D eigenvalue weighted by molar-refractivity contribution is -0.116. The van der Waals surface area contributed by atoms with Gasteiger partial charge in [0.2, 0.25) is 15.9 Å². The number of anilines is 2. The van der Waals surface area contributed by atoms with Gasteiger partial charge in [-0.1, -0.05) is 12.1 Å². The average molecular weight is 435 g/mol. The van der Waals surface area contributed by atoms with Gasteiger partial charge in [-0.3, -0.25) is 9.10 Å². The molecule has 0 aliphatic carbocycles. The summed E-state index contributed by atoms with van der Waals surface area (Å²) in [6, 6.07) is 10.2. The van der Waals surface area contributed by atoms with E-state index in [2.05, 4.69) is 5.32 Å². The second kappa shape index (κ2) is 9.62. The van der Waals surface area contributed by atoms with Crippen LogP contribution in [0.1, 0.15) is 29.8 Å². The Labute approximate surface area is 176 Å². The van der Waals surface area contributed by atoms with E-state index in [1.54, 1.807) is 50.2 Å². The molecule has 1 atom stereocenters. The molecule has 2 rings (SSSR count). The lowest BCUT2D eigenvalue weighted by Gasteiger charge is -2.28. The first kappa shape index (κ1) is 23.2. The Bertz CT molecular complexity index is 1040. The molecule has 8 nitrogen and oxygen atoms in total. The van der Waals surface area contributed by atoms with Gasteiger partial charge in [0, 0.05) is 11.8 Å². The molecular weight excluding hydrogens is 408 g/mol. The highest BCUT2D eigenvalue weighted by molar-refractivity contribution is 7.92. The van der Waals surface area contributed by atoms with E-state index in [9.17, 15) is 18.0 Å². The largest absolute Gasteiger partial charge is 0.497 e. The number of carbonyl (C=O) groups is 2. The van der Waals surface area contributed by atoms with Crippen LogP contribution in [-0.4, -0.2) is 46.3 Å². The number of esters is 1. The number of carbonyl (C=O) groups excluding carboxylic acids is 2. The van der Waals surface area contributed by atoms with E-state index in [0.29, 0.717) is 28.3 Å². The highest BCUT2D eigenvalue weighted by Gasteiger charge is 2.30.